The smallest absolute Gasteiger partial charge is 0.0541 e. The largest absolute Gasteiger partial charge is 0.309 e. The van der Waals surface area contributed by atoms with Crippen LogP contribution in [0.25, 0.3) is 60.9 Å². The van der Waals surface area contributed by atoms with Gasteiger partial charge in [-0.25, -0.2) is 0 Å². The molecule has 0 aliphatic rings. The topological polar surface area (TPSA) is 30.7 Å². The minimum Gasteiger partial charge on any atom is -0.309 e. The van der Waals surface area contributed by atoms with Crippen molar-refractivity contribution in [1.29, 1.82) is 0 Å². The Labute approximate surface area is 221 Å². The van der Waals surface area contributed by atoms with Gasteiger partial charge in [0.15, 0.2) is 0 Å². The fraction of sp³-hybridized carbons (Fsp3) is 0.0286. The highest BCUT2D eigenvalue weighted by molar-refractivity contribution is 6.09. The summed E-state index contributed by atoms with van der Waals surface area (Å²) in [5, 5.41) is 2.54. The first-order valence-corrected chi connectivity index (χ1v) is 12.8. The number of nitrogens with zero attached hydrogens (tertiary/aromatic N) is 3. The Morgan fingerprint density at radius 2 is 0.868 bits per heavy atom. The van der Waals surface area contributed by atoms with E-state index < -0.39 is 0 Å². The quantitative estimate of drug-likeness (QED) is 0.248. The lowest BCUT2D eigenvalue weighted by atomic mass is 10.00. The van der Waals surface area contributed by atoms with Gasteiger partial charge < -0.3 is 4.57 Å². The highest BCUT2D eigenvalue weighted by atomic mass is 15.0. The van der Waals surface area contributed by atoms with Gasteiger partial charge in [-0.2, -0.15) is 0 Å². The van der Waals surface area contributed by atoms with Crippen LogP contribution in [0.2, 0.25) is 0 Å². The van der Waals surface area contributed by atoms with Crippen LogP contribution < -0.4 is 0 Å². The predicted molar refractivity (Wildman–Crippen MR) is 157 cm³/mol. The van der Waals surface area contributed by atoms with Gasteiger partial charge >= 0.3 is 0 Å². The molecule has 0 atom stereocenters. The molecule has 0 bridgehead atoms. The van der Waals surface area contributed by atoms with Gasteiger partial charge in [0.1, 0.15) is 0 Å². The van der Waals surface area contributed by atoms with Crippen molar-refractivity contribution in [1.82, 2.24) is 14.5 Å². The number of hydrogen-bond donors (Lipinski definition) is 0. The molecule has 0 N–H and O–H groups in total. The molecule has 7 aromatic rings. The number of fused-ring (bicyclic) bond motifs is 3. The maximum absolute atomic E-state index is 4.57. The summed E-state index contributed by atoms with van der Waals surface area (Å²) in [7, 11) is 0. The van der Waals surface area contributed by atoms with Gasteiger partial charge in [0.2, 0.25) is 0 Å². The van der Waals surface area contributed by atoms with Crippen LogP contribution in [0, 0.1) is 6.92 Å². The average molecular weight is 488 g/mol. The van der Waals surface area contributed by atoms with E-state index in [4.69, 9.17) is 0 Å². The lowest BCUT2D eigenvalue weighted by Crippen LogP contribution is -1.93. The third-order valence-electron chi connectivity index (χ3n) is 7.23. The molecule has 0 aliphatic carbocycles. The zero-order valence-corrected chi connectivity index (χ0v) is 21.0. The van der Waals surface area contributed by atoms with Crippen molar-refractivity contribution < 1.29 is 0 Å². The number of benzene rings is 4. The summed E-state index contributed by atoms with van der Waals surface area (Å²) in [6.07, 6.45) is 7.66. The van der Waals surface area contributed by atoms with Crippen LogP contribution in [0.3, 0.4) is 0 Å². The standard InChI is InChI=1S/C35H25N3/c1-24-10-12-25(13-11-24)27-18-29(22-36-20-27)30-19-28(21-37-23-30)26-14-16-31(17-15-26)38-34-8-4-2-6-32(34)33-7-3-5-9-35(33)38/h2-23H,1H3. The van der Waals surface area contributed by atoms with E-state index in [1.54, 1.807) is 0 Å². The molecule has 7 rings (SSSR count). The maximum atomic E-state index is 4.57. The van der Waals surface area contributed by atoms with Crippen LogP contribution in [-0.4, -0.2) is 14.5 Å². The predicted octanol–water partition coefficient (Wildman–Crippen LogP) is 8.88. The second-order valence-corrected chi connectivity index (χ2v) is 9.71. The van der Waals surface area contributed by atoms with Gasteiger partial charge in [0, 0.05) is 63.5 Å². The minimum atomic E-state index is 1.05. The molecule has 0 fully saturated rings. The number of rotatable bonds is 4. The van der Waals surface area contributed by atoms with Gasteiger partial charge in [-0.15, -0.1) is 0 Å². The summed E-state index contributed by atoms with van der Waals surface area (Å²) in [6, 6.07) is 38.9. The molecule has 180 valence electrons. The Morgan fingerprint density at radius 3 is 1.37 bits per heavy atom. The van der Waals surface area contributed by atoms with E-state index in [0.29, 0.717) is 0 Å². The fourth-order valence-corrected chi connectivity index (χ4v) is 5.26. The normalized spacial score (nSPS) is 11.3. The van der Waals surface area contributed by atoms with E-state index in [1.165, 1.54) is 27.4 Å². The third-order valence-corrected chi connectivity index (χ3v) is 7.23. The molecule has 0 saturated carbocycles. The van der Waals surface area contributed by atoms with Crippen LogP contribution in [-0.2, 0) is 0 Å². The number of para-hydroxylation sites is 2. The van der Waals surface area contributed by atoms with E-state index in [9.17, 15) is 0 Å². The molecule has 0 aliphatic heterocycles. The molecule has 3 heterocycles. The van der Waals surface area contributed by atoms with Gasteiger partial charge in [-0.05, 0) is 54.4 Å². The number of aromatic nitrogens is 3. The first-order chi connectivity index (χ1) is 18.7. The van der Waals surface area contributed by atoms with Gasteiger partial charge in [-0.3, -0.25) is 9.97 Å². The maximum Gasteiger partial charge on any atom is 0.0541 e. The summed E-state index contributed by atoms with van der Waals surface area (Å²) < 4.78 is 2.34. The van der Waals surface area contributed by atoms with Gasteiger partial charge in [-0.1, -0.05) is 78.4 Å². The molecule has 3 aromatic heterocycles. The first kappa shape index (κ1) is 22.2. The molecule has 0 unspecified atom stereocenters. The molecule has 3 nitrogen and oxygen atoms in total. The zero-order valence-electron chi connectivity index (χ0n) is 21.0. The van der Waals surface area contributed by atoms with Crippen molar-refractivity contribution in [2.75, 3.05) is 0 Å². The highest BCUT2D eigenvalue weighted by Gasteiger charge is 2.12. The molecular formula is C35H25N3. The van der Waals surface area contributed by atoms with E-state index >= 15 is 0 Å². The Kier molecular flexibility index (Phi) is 5.33. The summed E-state index contributed by atoms with van der Waals surface area (Å²) in [5.41, 5.74) is 11.4. The zero-order chi connectivity index (χ0) is 25.5. The third kappa shape index (κ3) is 3.86. The number of hydrogen-bond acceptors (Lipinski definition) is 2. The minimum absolute atomic E-state index is 1.05. The molecule has 4 aromatic carbocycles. The number of pyridine rings is 2. The first-order valence-electron chi connectivity index (χ1n) is 12.8. The highest BCUT2D eigenvalue weighted by Crippen LogP contribution is 2.33. The lowest BCUT2D eigenvalue weighted by molar-refractivity contribution is 1.18. The Morgan fingerprint density at radius 1 is 0.447 bits per heavy atom. The van der Waals surface area contributed by atoms with Crippen LogP contribution >= 0.6 is 0 Å². The number of aryl methyl sites for hydroxylation is 1. The summed E-state index contributed by atoms with van der Waals surface area (Å²) in [5.74, 6) is 0. The van der Waals surface area contributed by atoms with E-state index in [1.807, 2.05) is 24.8 Å². The van der Waals surface area contributed by atoms with Crippen molar-refractivity contribution in [2.45, 2.75) is 6.92 Å². The second kappa shape index (κ2) is 9.13. The Hall–Kier alpha value is -5.02. The van der Waals surface area contributed by atoms with Crippen molar-refractivity contribution in [2.24, 2.45) is 0 Å². The van der Waals surface area contributed by atoms with Crippen molar-refractivity contribution >= 4 is 21.8 Å². The van der Waals surface area contributed by atoms with Gasteiger partial charge in [0.25, 0.3) is 0 Å². The van der Waals surface area contributed by atoms with Crippen LogP contribution in [0.15, 0.2) is 134 Å². The van der Waals surface area contributed by atoms with Crippen molar-refractivity contribution in [3.05, 3.63) is 140 Å². The summed E-state index contributed by atoms with van der Waals surface area (Å²) in [4.78, 5) is 9.09. The SMILES string of the molecule is Cc1ccc(-c2cncc(-c3cncc(-c4ccc(-n5c6ccccc6c6ccccc65)cc4)c3)c2)cc1. The second-order valence-electron chi connectivity index (χ2n) is 9.71. The van der Waals surface area contributed by atoms with E-state index in [2.05, 4.69) is 131 Å². The van der Waals surface area contributed by atoms with Crippen LogP contribution in [0.1, 0.15) is 5.56 Å². The molecule has 0 saturated heterocycles. The lowest BCUT2D eigenvalue weighted by Gasteiger charge is -2.10. The summed E-state index contributed by atoms with van der Waals surface area (Å²) >= 11 is 0. The molecule has 38 heavy (non-hydrogen) atoms. The van der Waals surface area contributed by atoms with Crippen LogP contribution in [0.4, 0.5) is 0 Å². The van der Waals surface area contributed by atoms with Crippen molar-refractivity contribution in [3.8, 4) is 39.1 Å². The van der Waals surface area contributed by atoms with Crippen molar-refractivity contribution in [3.63, 3.8) is 0 Å². The fourth-order valence-electron chi connectivity index (χ4n) is 5.26. The monoisotopic (exact) mass is 487 g/mol. The molecule has 3 heteroatoms. The average Bonchev–Trinajstić information content (AvgIpc) is 3.32. The Balaban J connectivity index is 1.25. The molecule has 0 amide bonds. The van der Waals surface area contributed by atoms with E-state index in [-0.39, 0.29) is 0 Å². The van der Waals surface area contributed by atoms with Gasteiger partial charge in [0.05, 0.1) is 11.0 Å². The summed E-state index contributed by atoms with van der Waals surface area (Å²) in [6.45, 7) is 2.10. The molecular weight excluding hydrogens is 462 g/mol. The van der Waals surface area contributed by atoms with Crippen LogP contribution in [0.5, 0.6) is 0 Å². The molecule has 0 radical (unpaired) electrons. The molecule has 0 spiro atoms. The van der Waals surface area contributed by atoms with E-state index in [0.717, 1.165) is 39.1 Å². The Bertz CT molecular complexity index is 1860.